The van der Waals surface area contributed by atoms with Crippen LogP contribution in [0.3, 0.4) is 0 Å². The highest BCUT2D eigenvalue weighted by Gasteiger charge is 2.06. The van der Waals surface area contributed by atoms with Gasteiger partial charge in [0, 0.05) is 25.0 Å². The summed E-state index contributed by atoms with van der Waals surface area (Å²) in [5, 5.41) is 0. The van der Waals surface area contributed by atoms with Gasteiger partial charge in [-0.1, -0.05) is 18.2 Å². The molecule has 0 saturated carbocycles. The fraction of sp³-hybridized carbons (Fsp3) is 0.312. The van der Waals surface area contributed by atoms with Crippen molar-refractivity contribution in [2.45, 2.75) is 26.9 Å². The highest BCUT2D eigenvalue weighted by atomic mass is 15.1. The van der Waals surface area contributed by atoms with E-state index in [4.69, 9.17) is 5.73 Å². The van der Waals surface area contributed by atoms with E-state index in [2.05, 4.69) is 54.1 Å². The number of aryl methyl sites for hydroxylation is 1. The molecule has 0 amide bonds. The van der Waals surface area contributed by atoms with Gasteiger partial charge in [0.25, 0.3) is 0 Å². The van der Waals surface area contributed by atoms with Gasteiger partial charge in [-0.25, -0.2) is 0 Å². The lowest BCUT2D eigenvalue weighted by Crippen LogP contribution is -2.22. The van der Waals surface area contributed by atoms with Crippen LogP contribution in [0.5, 0.6) is 0 Å². The first-order valence-corrected chi connectivity index (χ1v) is 6.68. The largest absolute Gasteiger partial charge is 0.366 e. The lowest BCUT2D eigenvalue weighted by atomic mass is 10.2. The van der Waals surface area contributed by atoms with Crippen molar-refractivity contribution in [1.82, 2.24) is 4.98 Å². The van der Waals surface area contributed by atoms with Gasteiger partial charge in [-0.3, -0.25) is 4.98 Å². The minimum absolute atomic E-state index is 0.544. The van der Waals surface area contributed by atoms with E-state index < -0.39 is 0 Å². The first-order valence-electron chi connectivity index (χ1n) is 6.68. The molecule has 3 heteroatoms. The first-order chi connectivity index (χ1) is 9.22. The van der Waals surface area contributed by atoms with Crippen molar-refractivity contribution in [3.63, 3.8) is 0 Å². The van der Waals surface area contributed by atoms with E-state index in [-0.39, 0.29) is 0 Å². The zero-order valence-corrected chi connectivity index (χ0v) is 11.6. The summed E-state index contributed by atoms with van der Waals surface area (Å²) < 4.78 is 0. The molecule has 0 atom stereocenters. The molecule has 1 aromatic heterocycles. The average molecular weight is 255 g/mol. The minimum atomic E-state index is 0.544. The quantitative estimate of drug-likeness (QED) is 0.893. The molecule has 19 heavy (non-hydrogen) atoms. The molecule has 0 aliphatic rings. The highest BCUT2D eigenvalue weighted by Crippen LogP contribution is 2.17. The third-order valence-electron chi connectivity index (χ3n) is 3.22. The Morgan fingerprint density at radius 3 is 2.63 bits per heavy atom. The van der Waals surface area contributed by atoms with E-state index in [9.17, 15) is 0 Å². The Kier molecular flexibility index (Phi) is 4.53. The van der Waals surface area contributed by atoms with Crippen molar-refractivity contribution in [3.8, 4) is 0 Å². The van der Waals surface area contributed by atoms with Crippen LogP contribution >= 0.6 is 0 Å². The Balaban J connectivity index is 2.14. The zero-order valence-electron chi connectivity index (χ0n) is 11.6. The maximum absolute atomic E-state index is 5.58. The predicted octanol–water partition coefficient (Wildman–Crippen LogP) is 2.88. The van der Waals surface area contributed by atoms with Gasteiger partial charge in [-0.15, -0.1) is 0 Å². The van der Waals surface area contributed by atoms with Gasteiger partial charge < -0.3 is 10.6 Å². The Hall–Kier alpha value is -1.87. The molecule has 0 spiro atoms. The Morgan fingerprint density at radius 2 is 2.05 bits per heavy atom. The zero-order chi connectivity index (χ0) is 13.7. The van der Waals surface area contributed by atoms with Gasteiger partial charge in [-0.05, 0) is 43.2 Å². The second kappa shape index (κ2) is 6.34. The van der Waals surface area contributed by atoms with Crippen molar-refractivity contribution < 1.29 is 0 Å². The Bertz CT molecular complexity index is 520. The molecule has 1 heterocycles. The minimum Gasteiger partial charge on any atom is -0.366 e. The van der Waals surface area contributed by atoms with Crippen LogP contribution in [0.15, 0.2) is 42.6 Å². The summed E-state index contributed by atoms with van der Waals surface area (Å²) in [6.07, 6.45) is 1.86. The summed E-state index contributed by atoms with van der Waals surface area (Å²) in [5.41, 5.74) is 10.2. The molecule has 0 bridgehead atoms. The molecule has 2 aromatic rings. The van der Waals surface area contributed by atoms with Crippen LogP contribution in [0.2, 0.25) is 0 Å². The molecular weight excluding hydrogens is 234 g/mol. The number of benzene rings is 1. The summed E-state index contributed by atoms with van der Waals surface area (Å²) >= 11 is 0. The molecule has 2 N–H and O–H groups in total. The highest BCUT2D eigenvalue weighted by molar-refractivity contribution is 5.48. The predicted molar refractivity (Wildman–Crippen MR) is 80.0 cm³/mol. The van der Waals surface area contributed by atoms with Crippen LogP contribution in [-0.2, 0) is 13.1 Å². The Labute approximate surface area is 115 Å². The van der Waals surface area contributed by atoms with E-state index in [1.807, 2.05) is 12.3 Å². The average Bonchev–Trinajstić information content (AvgIpc) is 2.45. The molecule has 0 unspecified atom stereocenters. The molecule has 0 fully saturated rings. The van der Waals surface area contributed by atoms with Gasteiger partial charge in [0.1, 0.15) is 0 Å². The molecule has 3 nitrogen and oxygen atoms in total. The van der Waals surface area contributed by atoms with Crippen molar-refractivity contribution in [2.24, 2.45) is 5.73 Å². The van der Waals surface area contributed by atoms with Crippen molar-refractivity contribution in [3.05, 3.63) is 59.4 Å². The van der Waals surface area contributed by atoms with E-state index in [1.165, 1.54) is 11.3 Å². The van der Waals surface area contributed by atoms with E-state index in [0.29, 0.717) is 6.54 Å². The first kappa shape index (κ1) is 13.6. The molecule has 0 radical (unpaired) electrons. The van der Waals surface area contributed by atoms with Crippen molar-refractivity contribution in [1.29, 1.82) is 0 Å². The maximum atomic E-state index is 5.58. The summed E-state index contributed by atoms with van der Waals surface area (Å²) in [6.45, 7) is 6.61. The second-order valence-electron chi connectivity index (χ2n) is 4.72. The van der Waals surface area contributed by atoms with Crippen LogP contribution in [0.4, 0.5) is 5.69 Å². The standard InChI is InChI=1S/C16H21N3/c1-3-19(16-6-4-5-13(2)9-16)12-15-8-7-14(10-17)11-18-15/h4-9,11H,3,10,12,17H2,1-2H3. The SMILES string of the molecule is CCN(Cc1ccc(CN)cn1)c1cccc(C)c1. The summed E-state index contributed by atoms with van der Waals surface area (Å²) in [7, 11) is 0. The van der Waals surface area contributed by atoms with Crippen LogP contribution in [0.1, 0.15) is 23.7 Å². The molecule has 2 rings (SSSR count). The third kappa shape index (κ3) is 3.55. The van der Waals surface area contributed by atoms with Crippen molar-refractivity contribution >= 4 is 5.69 Å². The number of hydrogen-bond donors (Lipinski definition) is 1. The fourth-order valence-corrected chi connectivity index (χ4v) is 2.08. The van der Waals surface area contributed by atoms with Crippen LogP contribution < -0.4 is 10.6 Å². The summed E-state index contributed by atoms with van der Waals surface area (Å²) in [5.74, 6) is 0. The monoisotopic (exact) mass is 255 g/mol. The van der Waals surface area contributed by atoms with E-state index in [1.54, 1.807) is 0 Å². The second-order valence-corrected chi connectivity index (χ2v) is 4.72. The summed E-state index contributed by atoms with van der Waals surface area (Å²) in [4.78, 5) is 6.78. The normalized spacial score (nSPS) is 10.5. The maximum Gasteiger partial charge on any atom is 0.0601 e. The van der Waals surface area contributed by atoms with E-state index in [0.717, 1.165) is 24.3 Å². The van der Waals surface area contributed by atoms with Crippen LogP contribution in [0.25, 0.3) is 0 Å². The van der Waals surface area contributed by atoms with Gasteiger partial charge in [0.15, 0.2) is 0 Å². The van der Waals surface area contributed by atoms with Gasteiger partial charge in [-0.2, -0.15) is 0 Å². The van der Waals surface area contributed by atoms with E-state index >= 15 is 0 Å². The number of aromatic nitrogens is 1. The Morgan fingerprint density at radius 1 is 1.21 bits per heavy atom. The number of pyridine rings is 1. The fourth-order valence-electron chi connectivity index (χ4n) is 2.08. The molecule has 1 aromatic carbocycles. The topological polar surface area (TPSA) is 42.1 Å². The van der Waals surface area contributed by atoms with Crippen molar-refractivity contribution in [2.75, 3.05) is 11.4 Å². The number of nitrogens with zero attached hydrogens (tertiary/aromatic N) is 2. The molecule has 0 saturated heterocycles. The summed E-state index contributed by atoms with van der Waals surface area (Å²) in [6, 6.07) is 12.7. The third-order valence-corrected chi connectivity index (χ3v) is 3.22. The lowest BCUT2D eigenvalue weighted by Gasteiger charge is -2.23. The number of hydrogen-bond acceptors (Lipinski definition) is 3. The molecule has 0 aliphatic carbocycles. The smallest absolute Gasteiger partial charge is 0.0601 e. The van der Waals surface area contributed by atoms with Gasteiger partial charge in [0.05, 0.1) is 12.2 Å². The number of nitrogens with two attached hydrogens (primary N) is 1. The molecule has 0 aliphatic heterocycles. The molecule has 100 valence electrons. The molecular formula is C16H21N3. The number of anilines is 1. The lowest BCUT2D eigenvalue weighted by molar-refractivity contribution is 0.806. The van der Waals surface area contributed by atoms with Crippen LogP contribution in [0, 0.1) is 6.92 Å². The number of rotatable bonds is 5. The van der Waals surface area contributed by atoms with Gasteiger partial charge in [0.2, 0.25) is 0 Å². The van der Waals surface area contributed by atoms with Gasteiger partial charge >= 0.3 is 0 Å². The van der Waals surface area contributed by atoms with Crippen LogP contribution in [-0.4, -0.2) is 11.5 Å².